The van der Waals surface area contributed by atoms with Crippen LogP contribution in [0.1, 0.15) is 0 Å². The highest BCUT2D eigenvalue weighted by molar-refractivity contribution is 7.84. The molecule has 0 saturated heterocycles. The topological polar surface area (TPSA) is 29.1 Å². The monoisotopic (exact) mass is 215 g/mol. The van der Waals surface area contributed by atoms with Crippen LogP contribution in [0.25, 0.3) is 0 Å². The van der Waals surface area contributed by atoms with Crippen molar-refractivity contribution in [2.45, 2.75) is 0 Å². The molecule has 11 heavy (non-hydrogen) atoms. The fraction of sp³-hybridized carbons (Fsp3) is 0.667. The molecule has 5 heteroatoms. The van der Waals surface area contributed by atoms with Crippen molar-refractivity contribution >= 4 is 34.0 Å². The summed E-state index contributed by atoms with van der Waals surface area (Å²) in [6, 6.07) is 0. The summed E-state index contributed by atoms with van der Waals surface area (Å²) in [6.07, 6.45) is 1.67. The second kappa shape index (κ2) is 7.10. The average molecular weight is 216 g/mol. The van der Waals surface area contributed by atoms with E-state index in [1.807, 2.05) is 0 Å². The predicted octanol–water partition coefficient (Wildman–Crippen LogP) is 1.27. The molecule has 0 amide bonds. The van der Waals surface area contributed by atoms with Crippen LogP contribution in [0.2, 0.25) is 0 Å². The van der Waals surface area contributed by atoms with E-state index in [-0.39, 0.29) is 0 Å². The molecule has 0 aliphatic heterocycles. The lowest BCUT2D eigenvalue weighted by atomic mass is 10.6. The van der Waals surface area contributed by atoms with Crippen LogP contribution in [0.4, 0.5) is 0 Å². The van der Waals surface area contributed by atoms with Crippen LogP contribution in [0.3, 0.4) is 0 Å². The Bertz CT molecular complexity index is 161. The lowest BCUT2D eigenvalue weighted by Crippen LogP contribution is -2.21. The first-order chi connectivity index (χ1) is 5.16. The van der Waals surface area contributed by atoms with Gasteiger partial charge in [0.15, 0.2) is 0 Å². The van der Waals surface area contributed by atoms with Crippen molar-refractivity contribution in [3.05, 3.63) is 10.6 Å². The summed E-state index contributed by atoms with van der Waals surface area (Å²) in [6.45, 7) is 1.24. The van der Waals surface area contributed by atoms with Crippen LogP contribution in [0, 0.1) is 0 Å². The van der Waals surface area contributed by atoms with Gasteiger partial charge in [-0.25, -0.2) is 0 Å². The van der Waals surface area contributed by atoms with Crippen molar-refractivity contribution < 1.29 is 4.21 Å². The summed E-state index contributed by atoms with van der Waals surface area (Å²) in [7, 11) is -0.740. The van der Waals surface area contributed by atoms with Crippen molar-refractivity contribution in [2.75, 3.05) is 25.1 Å². The molecule has 0 fully saturated rings. The minimum absolute atomic E-state index is 0.544. The van der Waals surface area contributed by atoms with Crippen molar-refractivity contribution in [3.63, 3.8) is 0 Å². The molecule has 0 spiro atoms. The Labute approximate surface area is 79.4 Å². The predicted molar refractivity (Wildman–Crippen MR) is 51.6 cm³/mol. The molecule has 2 nitrogen and oxygen atoms in total. The van der Waals surface area contributed by atoms with Crippen molar-refractivity contribution in [1.29, 1.82) is 0 Å². The number of nitrogens with one attached hydrogen (secondary N) is 1. The molecule has 1 unspecified atom stereocenters. The Hall–Kier alpha value is 0.430. The molecule has 0 aromatic heterocycles. The van der Waals surface area contributed by atoms with Crippen LogP contribution < -0.4 is 5.32 Å². The van der Waals surface area contributed by atoms with Crippen LogP contribution in [-0.4, -0.2) is 29.3 Å². The number of hydrogen-bond acceptors (Lipinski definition) is 2. The van der Waals surface area contributed by atoms with Gasteiger partial charge in [0.25, 0.3) is 0 Å². The first-order valence-electron chi connectivity index (χ1n) is 3.12. The fourth-order valence-electron chi connectivity index (χ4n) is 0.462. The number of halogens is 2. The largest absolute Gasteiger partial charge is 0.311 e. The lowest BCUT2D eigenvalue weighted by Gasteiger charge is -2.00. The molecule has 0 aliphatic rings. The van der Waals surface area contributed by atoms with Gasteiger partial charge in [-0.2, -0.15) is 0 Å². The van der Waals surface area contributed by atoms with E-state index in [2.05, 4.69) is 5.32 Å². The highest BCUT2D eigenvalue weighted by Gasteiger charge is 1.92. The van der Waals surface area contributed by atoms with E-state index in [0.717, 1.165) is 0 Å². The normalized spacial score (nSPS) is 15.0. The Balaban J connectivity index is 3.21. The molecule has 66 valence electrons. The Morgan fingerprint density at radius 3 is 2.82 bits per heavy atom. The van der Waals surface area contributed by atoms with Crippen LogP contribution >= 0.6 is 23.2 Å². The lowest BCUT2D eigenvalue weighted by molar-refractivity contribution is 0.682. The maximum absolute atomic E-state index is 10.6. The Morgan fingerprint density at radius 1 is 1.73 bits per heavy atom. The molecular formula is C6H11Cl2NOS. The van der Waals surface area contributed by atoms with E-state index >= 15 is 0 Å². The summed E-state index contributed by atoms with van der Waals surface area (Å²) in [4.78, 5) is 0. The zero-order valence-electron chi connectivity index (χ0n) is 6.27. The minimum atomic E-state index is -0.740. The third kappa shape index (κ3) is 8.34. The summed E-state index contributed by atoms with van der Waals surface area (Å²) < 4.78 is 10.6. The second-order valence-corrected chi connectivity index (χ2v) is 4.27. The molecule has 0 saturated carbocycles. The molecule has 0 aromatic rings. The molecule has 1 N–H and O–H groups in total. The molecular weight excluding hydrogens is 205 g/mol. The smallest absolute Gasteiger partial charge is 0.0431 e. The number of rotatable bonds is 5. The van der Waals surface area contributed by atoms with Crippen LogP contribution in [-0.2, 0) is 10.8 Å². The third-order valence-corrected chi connectivity index (χ3v) is 2.38. The average Bonchev–Trinajstić information content (AvgIpc) is 1.97. The van der Waals surface area contributed by atoms with Crippen molar-refractivity contribution in [2.24, 2.45) is 0 Å². The van der Waals surface area contributed by atoms with Crippen LogP contribution in [0.15, 0.2) is 10.6 Å². The molecule has 0 radical (unpaired) electrons. The minimum Gasteiger partial charge on any atom is -0.311 e. The zero-order valence-corrected chi connectivity index (χ0v) is 8.60. The van der Waals surface area contributed by atoms with E-state index in [0.29, 0.717) is 23.9 Å². The van der Waals surface area contributed by atoms with Crippen molar-refractivity contribution in [3.8, 4) is 0 Å². The van der Waals surface area contributed by atoms with Gasteiger partial charge in [0.1, 0.15) is 0 Å². The molecule has 0 heterocycles. The highest BCUT2D eigenvalue weighted by atomic mass is 35.5. The Morgan fingerprint density at radius 2 is 2.36 bits per heavy atom. The van der Waals surface area contributed by atoms with E-state index < -0.39 is 10.8 Å². The van der Waals surface area contributed by atoms with E-state index in [1.165, 1.54) is 5.54 Å². The van der Waals surface area contributed by atoms with E-state index in [9.17, 15) is 4.21 Å². The summed E-state index contributed by atoms with van der Waals surface area (Å²) in [5.74, 6) is 0.645. The van der Waals surface area contributed by atoms with Gasteiger partial charge >= 0.3 is 0 Å². The number of hydrogen-bond donors (Lipinski definition) is 1. The van der Waals surface area contributed by atoms with Gasteiger partial charge < -0.3 is 5.32 Å². The SMILES string of the molecule is CS(=O)CCNCC(Cl)=CCl. The van der Waals surface area contributed by atoms with Crippen LogP contribution in [0.5, 0.6) is 0 Å². The maximum atomic E-state index is 10.6. The van der Waals surface area contributed by atoms with Gasteiger partial charge in [-0.05, 0) is 0 Å². The van der Waals surface area contributed by atoms with Gasteiger partial charge in [0.05, 0.1) is 0 Å². The summed E-state index contributed by atoms with van der Waals surface area (Å²) >= 11 is 10.9. The molecule has 1 atom stereocenters. The van der Waals surface area contributed by atoms with Gasteiger partial charge in [-0.1, -0.05) is 23.2 Å². The molecule has 0 bridgehead atoms. The van der Waals surface area contributed by atoms with E-state index in [4.69, 9.17) is 23.2 Å². The fourth-order valence-corrected chi connectivity index (χ4v) is 1.07. The maximum Gasteiger partial charge on any atom is 0.0431 e. The summed E-state index contributed by atoms with van der Waals surface area (Å²) in [5, 5.41) is 3.55. The quantitative estimate of drug-likeness (QED) is 0.701. The standard InChI is InChI=1S/C6H11Cl2NOS/c1-11(10)3-2-9-5-6(8)4-7/h4,9H,2-3,5H2,1H3. The highest BCUT2D eigenvalue weighted by Crippen LogP contribution is 1.99. The summed E-state index contributed by atoms with van der Waals surface area (Å²) in [5.41, 5.74) is 1.32. The first-order valence-corrected chi connectivity index (χ1v) is 5.66. The first kappa shape index (κ1) is 11.4. The van der Waals surface area contributed by atoms with Gasteiger partial charge in [0, 0.05) is 46.5 Å². The van der Waals surface area contributed by atoms with Gasteiger partial charge in [-0.3, -0.25) is 4.21 Å². The van der Waals surface area contributed by atoms with E-state index in [1.54, 1.807) is 6.26 Å². The third-order valence-electron chi connectivity index (χ3n) is 0.979. The van der Waals surface area contributed by atoms with Crippen molar-refractivity contribution in [1.82, 2.24) is 5.32 Å². The molecule has 0 aromatic carbocycles. The molecule has 0 rings (SSSR count). The van der Waals surface area contributed by atoms with Gasteiger partial charge in [0.2, 0.25) is 0 Å². The van der Waals surface area contributed by atoms with Gasteiger partial charge in [-0.15, -0.1) is 0 Å². The zero-order chi connectivity index (χ0) is 8.69. The Kier molecular flexibility index (Phi) is 7.38. The second-order valence-electron chi connectivity index (χ2n) is 2.01. The molecule has 0 aliphatic carbocycles.